The summed E-state index contributed by atoms with van der Waals surface area (Å²) in [4.78, 5) is 12.9. The number of nitrogens with zero attached hydrogens (tertiary/aromatic N) is 2. The molecule has 5 rings (SSSR count). The van der Waals surface area contributed by atoms with Crippen LogP contribution in [-0.2, 0) is 23.1 Å². The summed E-state index contributed by atoms with van der Waals surface area (Å²) in [6, 6.07) is 21.3. The Hall–Kier alpha value is -5.03. The summed E-state index contributed by atoms with van der Waals surface area (Å²) >= 11 is 0. The third kappa shape index (κ3) is 9.07. The minimum absolute atomic E-state index is 0.00147. The maximum atomic E-state index is 13.9. The Labute approximate surface area is 279 Å². The number of nitrogens with one attached hydrogen (secondary N) is 1. The van der Waals surface area contributed by atoms with Gasteiger partial charge in [0.2, 0.25) is 10.0 Å². The number of fused-ring (bicyclic) bond motifs is 1. The second-order valence-corrected chi connectivity index (χ2v) is 13.6. The first-order chi connectivity index (χ1) is 23.1. The fourth-order valence-corrected chi connectivity index (χ4v) is 6.74. The lowest BCUT2D eigenvalue weighted by atomic mass is 10.0. The molecule has 0 radical (unpaired) electrons. The number of carbonyl (C=O) groups is 1. The Kier molecular flexibility index (Phi) is 11.2. The Morgan fingerprint density at radius 1 is 0.979 bits per heavy atom. The van der Waals surface area contributed by atoms with Crippen molar-refractivity contribution in [1.82, 2.24) is 9.62 Å². The van der Waals surface area contributed by atoms with E-state index in [1.165, 1.54) is 35.0 Å². The van der Waals surface area contributed by atoms with E-state index in [0.29, 0.717) is 36.0 Å². The molecule has 0 spiro atoms. The Bertz CT molecular complexity index is 1820. The molecule has 0 saturated carbocycles. The highest BCUT2D eigenvalue weighted by molar-refractivity contribution is 7.89. The van der Waals surface area contributed by atoms with Crippen LogP contribution in [0.25, 0.3) is 0 Å². The number of amides is 1. The van der Waals surface area contributed by atoms with E-state index < -0.39 is 28.3 Å². The molecule has 1 aliphatic heterocycles. The van der Waals surface area contributed by atoms with Crippen LogP contribution >= 0.6 is 0 Å². The zero-order valence-electron chi connectivity index (χ0n) is 26.6. The van der Waals surface area contributed by atoms with Gasteiger partial charge in [-0.15, -0.1) is 0 Å². The molecule has 252 valence electrons. The third-order valence-corrected chi connectivity index (χ3v) is 9.25. The van der Waals surface area contributed by atoms with Crippen LogP contribution in [0.5, 0.6) is 23.0 Å². The topological polar surface area (TPSA) is 161 Å². The summed E-state index contributed by atoms with van der Waals surface area (Å²) in [5, 5.41) is 23.4. The molecular formula is C35H37N3O9S. The van der Waals surface area contributed by atoms with Crippen LogP contribution in [0.1, 0.15) is 30.5 Å². The van der Waals surface area contributed by atoms with Crippen LogP contribution in [0.2, 0.25) is 0 Å². The smallest absolute Gasteiger partial charge is 0.413 e. The second kappa shape index (κ2) is 15.7. The lowest BCUT2D eigenvalue weighted by molar-refractivity contribution is 0.0991. The van der Waals surface area contributed by atoms with Gasteiger partial charge in [0.05, 0.1) is 34.9 Å². The maximum absolute atomic E-state index is 13.9. The van der Waals surface area contributed by atoms with Gasteiger partial charge in [-0.25, -0.2) is 13.2 Å². The maximum Gasteiger partial charge on any atom is 0.413 e. The zero-order chi connectivity index (χ0) is 34.1. The van der Waals surface area contributed by atoms with Crippen LogP contribution in [0, 0.1) is 17.2 Å². The molecule has 1 aromatic heterocycles. The van der Waals surface area contributed by atoms with Crippen molar-refractivity contribution < 1.29 is 41.7 Å². The first-order valence-corrected chi connectivity index (χ1v) is 16.8. The van der Waals surface area contributed by atoms with Crippen molar-refractivity contribution in [2.45, 2.75) is 43.9 Å². The average molecular weight is 676 g/mol. The minimum Gasteiger partial charge on any atom is -0.489 e. The lowest BCUT2D eigenvalue weighted by Crippen LogP contribution is -2.51. The highest BCUT2D eigenvalue weighted by atomic mass is 32.2. The molecule has 0 bridgehead atoms. The number of hydrogen-bond acceptors (Lipinski definition) is 10. The number of benzene rings is 3. The van der Waals surface area contributed by atoms with Gasteiger partial charge < -0.3 is 33.8 Å². The monoisotopic (exact) mass is 675 g/mol. The molecule has 48 heavy (non-hydrogen) atoms. The summed E-state index contributed by atoms with van der Waals surface area (Å²) < 4.78 is 56.3. The van der Waals surface area contributed by atoms with E-state index in [1.807, 2.05) is 19.9 Å². The molecule has 1 aliphatic rings. The van der Waals surface area contributed by atoms with Crippen molar-refractivity contribution in [3.05, 3.63) is 102 Å². The molecule has 1 amide bonds. The van der Waals surface area contributed by atoms with Crippen LogP contribution in [0.3, 0.4) is 0 Å². The predicted octanol–water partition coefficient (Wildman–Crippen LogP) is 4.91. The van der Waals surface area contributed by atoms with Gasteiger partial charge in [0.1, 0.15) is 31.8 Å². The summed E-state index contributed by atoms with van der Waals surface area (Å²) in [6.07, 6.45) is 0.572. The van der Waals surface area contributed by atoms with E-state index >= 15 is 0 Å². The molecule has 0 saturated heterocycles. The normalized spacial score (nSPS) is 13.8. The van der Waals surface area contributed by atoms with Gasteiger partial charge in [0.25, 0.3) is 0 Å². The van der Waals surface area contributed by atoms with Crippen molar-refractivity contribution in [1.29, 1.82) is 5.26 Å². The second-order valence-electron chi connectivity index (χ2n) is 11.6. The van der Waals surface area contributed by atoms with Gasteiger partial charge in [0, 0.05) is 25.2 Å². The molecule has 3 aromatic carbocycles. The number of hydrogen-bond donors (Lipinski definition) is 2. The first-order valence-electron chi connectivity index (χ1n) is 15.4. The van der Waals surface area contributed by atoms with Crippen molar-refractivity contribution in [3.63, 3.8) is 0 Å². The highest BCUT2D eigenvalue weighted by Gasteiger charge is 2.32. The Morgan fingerprint density at radius 3 is 2.46 bits per heavy atom. The van der Waals surface area contributed by atoms with Gasteiger partial charge in [-0.2, -0.15) is 9.57 Å². The minimum atomic E-state index is -4.09. The van der Waals surface area contributed by atoms with Crippen molar-refractivity contribution in [3.8, 4) is 29.1 Å². The fraction of sp³-hybridized carbons (Fsp3) is 0.314. The molecule has 4 aromatic rings. The van der Waals surface area contributed by atoms with Gasteiger partial charge >= 0.3 is 6.09 Å². The van der Waals surface area contributed by atoms with Crippen molar-refractivity contribution in [2.75, 3.05) is 26.3 Å². The van der Waals surface area contributed by atoms with Gasteiger partial charge in [-0.3, -0.25) is 0 Å². The van der Waals surface area contributed by atoms with E-state index in [4.69, 9.17) is 28.6 Å². The number of sulfonamides is 1. The molecule has 2 heterocycles. The van der Waals surface area contributed by atoms with Crippen LogP contribution in [0.4, 0.5) is 4.79 Å². The van der Waals surface area contributed by atoms with E-state index in [-0.39, 0.29) is 42.7 Å². The summed E-state index contributed by atoms with van der Waals surface area (Å²) in [6.45, 7) is 4.49. The molecule has 12 nitrogen and oxygen atoms in total. The number of nitriles is 1. The molecule has 2 atom stereocenters. The Morgan fingerprint density at radius 2 is 1.75 bits per heavy atom. The quantitative estimate of drug-likeness (QED) is 0.188. The molecular weight excluding hydrogens is 638 g/mol. The average Bonchev–Trinajstić information content (AvgIpc) is 3.60. The fourth-order valence-electron chi connectivity index (χ4n) is 5.10. The SMILES string of the molecule is CC(C)CN(C[C@@H](O)[C@H](Cc1ccc(OCc2cccc(C#N)c2)cc1)NC(=O)Oc1ccoc1)S(=O)(=O)c1ccc2c(c1)OCCO2. The zero-order valence-corrected chi connectivity index (χ0v) is 27.4. The van der Waals surface area contributed by atoms with Crippen molar-refractivity contribution >= 4 is 16.1 Å². The molecule has 13 heteroatoms. The number of rotatable bonds is 14. The standard InChI is InChI=1S/C35H37N3O9S/c1-24(2)20-38(48(41,42)30-10-11-33-34(18-30)45-15-14-44-33)21-32(39)31(37-35(40)47-29-12-13-43-23-29)17-25-6-8-28(9-7-25)46-22-27-5-3-4-26(16-27)19-36/h3-13,16,18,23-24,31-32,39H,14-15,17,20-22H2,1-2H3,(H,37,40)/t31-,32+/m0/s1. The summed E-state index contributed by atoms with van der Waals surface area (Å²) in [5.41, 5.74) is 2.13. The molecule has 0 unspecified atom stereocenters. The van der Waals surface area contributed by atoms with E-state index in [0.717, 1.165) is 11.1 Å². The first kappa shape index (κ1) is 34.3. The summed E-state index contributed by atoms with van der Waals surface area (Å²) in [7, 11) is -4.09. The van der Waals surface area contributed by atoms with Crippen molar-refractivity contribution in [2.24, 2.45) is 5.92 Å². The summed E-state index contributed by atoms with van der Waals surface area (Å²) in [5.74, 6) is 1.47. The number of aliphatic hydroxyl groups excluding tert-OH is 1. The molecule has 2 N–H and O–H groups in total. The Balaban J connectivity index is 1.33. The van der Waals surface area contributed by atoms with Gasteiger partial charge in [-0.05, 0) is 59.9 Å². The lowest BCUT2D eigenvalue weighted by Gasteiger charge is -2.30. The third-order valence-electron chi connectivity index (χ3n) is 7.42. The predicted molar refractivity (Wildman–Crippen MR) is 174 cm³/mol. The number of aliphatic hydroxyl groups is 1. The number of ether oxygens (including phenoxy) is 4. The molecule has 0 fully saturated rings. The van der Waals surface area contributed by atoms with E-state index in [2.05, 4.69) is 11.4 Å². The van der Waals surface area contributed by atoms with Crippen LogP contribution in [-0.4, -0.2) is 62.4 Å². The largest absolute Gasteiger partial charge is 0.489 e. The van der Waals surface area contributed by atoms with Gasteiger partial charge in [0.15, 0.2) is 17.2 Å². The number of furan rings is 1. The van der Waals surface area contributed by atoms with Crippen LogP contribution in [0.15, 0.2) is 94.6 Å². The van der Waals surface area contributed by atoms with Gasteiger partial charge in [-0.1, -0.05) is 38.1 Å². The highest BCUT2D eigenvalue weighted by Crippen LogP contribution is 2.33. The van der Waals surface area contributed by atoms with E-state index in [9.17, 15) is 18.3 Å². The van der Waals surface area contributed by atoms with E-state index in [1.54, 1.807) is 48.5 Å². The number of carbonyl (C=O) groups excluding carboxylic acids is 1. The molecule has 0 aliphatic carbocycles. The van der Waals surface area contributed by atoms with Crippen LogP contribution < -0.4 is 24.3 Å².